The van der Waals surface area contributed by atoms with Crippen molar-refractivity contribution in [3.05, 3.63) is 72.6 Å². The van der Waals surface area contributed by atoms with E-state index in [2.05, 4.69) is 20.7 Å². The van der Waals surface area contributed by atoms with E-state index in [1.165, 1.54) is 43.8 Å². The molecule has 0 amide bonds. The monoisotopic (exact) mass is 561 g/mol. The summed E-state index contributed by atoms with van der Waals surface area (Å²) in [5, 5.41) is 12.9. The molecule has 1 atom stereocenters. The number of carboxylic acid groups (broad SMARTS) is 1. The Morgan fingerprint density at radius 1 is 1.23 bits per heavy atom. The van der Waals surface area contributed by atoms with Crippen LogP contribution in [0.4, 0.5) is 30.6 Å². The Kier molecular flexibility index (Phi) is 7.60. The molecule has 0 fully saturated rings. The zero-order valence-corrected chi connectivity index (χ0v) is 21.3. The first-order valence-corrected chi connectivity index (χ1v) is 13.1. The Labute approximate surface area is 221 Å². The maximum Gasteiger partial charge on any atom is 0.409 e. The highest BCUT2D eigenvalue weighted by Crippen LogP contribution is 2.34. The number of rotatable bonds is 8. The van der Waals surface area contributed by atoms with Crippen molar-refractivity contribution in [2.45, 2.75) is 17.1 Å². The number of aliphatic carboxylic acids is 1. The van der Waals surface area contributed by atoms with E-state index >= 15 is 0 Å². The smallest absolute Gasteiger partial charge is 0.409 e. The minimum absolute atomic E-state index is 0.0235. The van der Waals surface area contributed by atoms with Crippen molar-refractivity contribution in [1.29, 1.82) is 0 Å². The van der Waals surface area contributed by atoms with Gasteiger partial charge >= 0.3 is 12.1 Å². The average Bonchev–Trinajstić information content (AvgIpc) is 3.38. The summed E-state index contributed by atoms with van der Waals surface area (Å²) in [6.45, 7) is 0. The number of sulfone groups is 1. The molecular formula is C25H22F3N5O5S. The van der Waals surface area contributed by atoms with E-state index in [1.807, 2.05) is 0 Å². The number of hydrogen-bond donors (Lipinski definition) is 3. The van der Waals surface area contributed by atoms with Crippen molar-refractivity contribution < 1.29 is 36.2 Å². The number of carboxylic acids is 1. The zero-order valence-electron chi connectivity index (χ0n) is 20.5. The van der Waals surface area contributed by atoms with Crippen LogP contribution in [0.25, 0.3) is 17.2 Å². The van der Waals surface area contributed by atoms with Crippen molar-refractivity contribution in [3.8, 4) is 16.9 Å². The number of hydrogen-bond acceptors (Lipinski definition) is 9. The Balaban J connectivity index is 1.77. The number of carbonyl (C=O) groups is 1. The van der Waals surface area contributed by atoms with Crippen molar-refractivity contribution in [2.75, 3.05) is 23.7 Å². The molecule has 0 bridgehead atoms. The minimum atomic E-state index is -4.55. The molecule has 1 aliphatic rings. The van der Waals surface area contributed by atoms with Gasteiger partial charge in [0.2, 0.25) is 5.95 Å². The van der Waals surface area contributed by atoms with Gasteiger partial charge in [-0.1, -0.05) is 18.2 Å². The van der Waals surface area contributed by atoms with Gasteiger partial charge in [0, 0.05) is 42.0 Å². The third-order valence-electron chi connectivity index (χ3n) is 5.47. The second-order valence-electron chi connectivity index (χ2n) is 8.38. The Hall–Kier alpha value is -4.43. The van der Waals surface area contributed by atoms with E-state index < -0.39 is 28.0 Å². The zero-order chi connectivity index (χ0) is 28.4. The molecule has 3 N–H and O–H groups in total. The van der Waals surface area contributed by atoms with Crippen LogP contribution in [-0.2, 0) is 14.6 Å². The van der Waals surface area contributed by atoms with Crippen molar-refractivity contribution >= 4 is 39.3 Å². The molecule has 1 aliphatic heterocycles. The number of nitrogens with zero attached hydrogens (tertiary/aromatic N) is 3. The van der Waals surface area contributed by atoms with Crippen LogP contribution in [0.5, 0.6) is 5.75 Å². The Morgan fingerprint density at radius 3 is 2.64 bits per heavy atom. The summed E-state index contributed by atoms with van der Waals surface area (Å²) in [7, 11) is -2.21. The highest BCUT2D eigenvalue weighted by molar-refractivity contribution is 7.90. The van der Waals surface area contributed by atoms with Gasteiger partial charge < -0.3 is 15.2 Å². The summed E-state index contributed by atoms with van der Waals surface area (Å²) in [6.07, 6.45) is 2.33. The fourth-order valence-corrected chi connectivity index (χ4v) is 4.30. The fourth-order valence-electron chi connectivity index (χ4n) is 3.62. The number of alkyl halides is 3. The van der Waals surface area contributed by atoms with Gasteiger partial charge in [0.05, 0.1) is 12.0 Å². The van der Waals surface area contributed by atoms with Crippen molar-refractivity contribution in [3.63, 3.8) is 0 Å². The van der Waals surface area contributed by atoms with Gasteiger partial charge in [0.1, 0.15) is 11.8 Å². The molecule has 14 heteroatoms. The van der Waals surface area contributed by atoms with E-state index in [4.69, 9.17) is 9.84 Å². The lowest BCUT2D eigenvalue weighted by molar-refractivity contribution is -0.142. The van der Waals surface area contributed by atoms with Gasteiger partial charge in [-0.15, -0.1) is 0 Å². The average molecular weight is 562 g/mol. The number of benzene rings is 2. The van der Waals surface area contributed by atoms with Crippen molar-refractivity contribution in [2.24, 2.45) is 0 Å². The standard InChI is InChI=1S/C25H22F3N5O5S/c1-38-18-11-17(12-19(13-18)39(2,36)37)30-24-29-14-20(16-5-3-4-15(10-16)6-7-22(34)35)23(31-24)33-9-8-21(32-33)25(26,27)28/h3-14,21,32H,1-2H3,(H,34,35)(H,29,30,31)/b7-6+. The number of methoxy groups -OCH3 is 1. The van der Waals surface area contributed by atoms with E-state index in [0.29, 0.717) is 16.7 Å². The third-order valence-corrected chi connectivity index (χ3v) is 6.56. The van der Waals surface area contributed by atoms with Crippen molar-refractivity contribution in [1.82, 2.24) is 15.4 Å². The van der Waals surface area contributed by atoms with E-state index in [1.54, 1.807) is 24.3 Å². The first kappa shape index (κ1) is 27.6. The maximum atomic E-state index is 13.3. The molecule has 10 nitrogen and oxygen atoms in total. The highest BCUT2D eigenvalue weighted by atomic mass is 32.2. The fraction of sp³-hybridized carbons (Fsp3) is 0.160. The topological polar surface area (TPSA) is 134 Å². The number of halogens is 3. The van der Waals surface area contributed by atoms with Crippen LogP contribution >= 0.6 is 0 Å². The number of ether oxygens (including phenoxy) is 1. The molecule has 1 unspecified atom stereocenters. The van der Waals surface area contributed by atoms with Gasteiger partial charge in [-0.2, -0.15) is 18.2 Å². The lowest BCUT2D eigenvalue weighted by Crippen LogP contribution is -2.44. The number of aromatic nitrogens is 2. The molecule has 0 saturated heterocycles. The molecule has 0 radical (unpaired) electrons. The minimum Gasteiger partial charge on any atom is -0.497 e. The maximum absolute atomic E-state index is 13.3. The van der Waals surface area contributed by atoms with Gasteiger partial charge in [-0.25, -0.2) is 23.6 Å². The quantitative estimate of drug-likeness (QED) is 0.344. The lowest BCUT2D eigenvalue weighted by Gasteiger charge is -2.23. The molecule has 0 aliphatic carbocycles. The van der Waals surface area contributed by atoms with Crippen LogP contribution in [0, 0.1) is 0 Å². The Bertz CT molecular complexity index is 1570. The molecule has 2 aromatic carbocycles. The summed E-state index contributed by atoms with van der Waals surface area (Å²) in [6, 6.07) is 8.88. The Morgan fingerprint density at radius 2 is 2.00 bits per heavy atom. The number of anilines is 3. The predicted molar refractivity (Wildman–Crippen MR) is 138 cm³/mol. The van der Waals surface area contributed by atoms with Gasteiger partial charge in [0.25, 0.3) is 0 Å². The van der Waals surface area contributed by atoms with Crippen LogP contribution < -0.4 is 20.5 Å². The second kappa shape index (κ2) is 10.7. The van der Waals surface area contributed by atoms with E-state index in [0.717, 1.165) is 23.4 Å². The summed E-state index contributed by atoms with van der Waals surface area (Å²) in [5.74, 6) is -0.864. The van der Waals surface area contributed by atoms with Gasteiger partial charge in [0.15, 0.2) is 15.7 Å². The SMILES string of the molecule is COc1cc(Nc2ncc(-c3cccc(/C=C/C(=O)O)c3)c(N3C=CC(C(F)(F)F)N3)n2)cc(S(C)(=O)=O)c1. The van der Waals surface area contributed by atoms with Crippen LogP contribution in [0.1, 0.15) is 5.56 Å². The van der Waals surface area contributed by atoms with E-state index in [9.17, 15) is 26.4 Å². The van der Waals surface area contributed by atoms with Crippen LogP contribution in [0.2, 0.25) is 0 Å². The summed E-state index contributed by atoms with van der Waals surface area (Å²) < 4.78 is 69.4. The molecule has 1 aromatic heterocycles. The number of nitrogens with one attached hydrogen (secondary N) is 2. The first-order chi connectivity index (χ1) is 18.3. The normalized spacial score (nSPS) is 15.6. The van der Waals surface area contributed by atoms with Gasteiger partial charge in [-0.05, 0) is 41.5 Å². The molecular weight excluding hydrogens is 539 g/mol. The van der Waals surface area contributed by atoms with Gasteiger partial charge in [-0.3, -0.25) is 5.01 Å². The molecule has 39 heavy (non-hydrogen) atoms. The molecule has 204 valence electrons. The summed E-state index contributed by atoms with van der Waals surface area (Å²) in [4.78, 5) is 19.6. The van der Waals surface area contributed by atoms with E-state index in [-0.39, 0.29) is 28.1 Å². The molecule has 0 saturated carbocycles. The molecule has 3 aromatic rings. The predicted octanol–water partition coefficient (Wildman–Crippen LogP) is 4.17. The molecule has 2 heterocycles. The van der Waals surface area contributed by atoms with Crippen LogP contribution in [-0.4, -0.2) is 55.0 Å². The molecule has 4 rings (SSSR count). The van der Waals surface area contributed by atoms with Crippen LogP contribution in [0.3, 0.4) is 0 Å². The summed E-state index contributed by atoms with van der Waals surface area (Å²) in [5.41, 5.74) is 3.99. The highest BCUT2D eigenvalue weighted by Gasteiger charge is 2.41. The summed E-state index contributed by atoms with van der Waals surface area (Å²) >= 11 is 0. The number of hydrazine groups is 1. The third kappa shape index (κ3) is 6.72. The largest absolute Gasteiger partial charge is 0.497 e. The molecule has 0 spiro atoms. The second-order valence-corrected chi connectivity index (χ2v) is 10.4. The van der Waals surface area contributed by atoms with Crippen LogP contribution in [0.15, 0.2) is 71.9 Å². The lowest BCUT2D eigenvalue weighted by atomic mass is 10.0. The first-order valence-electron chi connectivity index (χ1n) is 11.2.